The third-order valence-corrected chi connectivity index (χ3v) is 2.79. The number of rotatable bonds is 7. The molecule has 0 saturated carbocycles. The van der Waals surface area contributed by atoms with E-state index in [0.29, 0.717) is 0 Å². The minimum atomic E-state index is -5.19. The molecule has 0 aliphatic heterocycles. The predicted molar refractivity (Wildman–Crippen MR) is 83.9 cm³/mol. The van der Waals surface area contributed by atoms with Crippen molar-refractivity contribution >= 4 is 37.0 Å². The van der Waals surface area contributed by atoms with Crippen molar-refractivity contribution in [1.82, 2.24) is 0 Å². The van der Waals surface area contributed by atoms with Crippen molar-refractivity contribution in [3.63, 3.8) is 0 Å². The van der Waals surface area contributed by atoms with Gasteiger partial charge >= 0.3 is 13.8 Å². The molecule has 7 N–H and O–H groups in total. The van der Waals surface area contributed by atoms with Crippen LogP contribution in [0.4, 0.5) is 0 Å². The number of aliphatic hydroxyl groups is 5. The fraction of sp³-hybridized carbons (Fsp3) is 0.545. The van der Waals surface area contributed by atoms with E-state index in [9.17, 15) is 9.36 Å². The van der Waals surface area contributed by atoms with Crippen molar-refractivity contribution in [1.29, 1.82) is 0 Å². The number of allylic oxidation sites excluding steroid dienone is 3. The molecule has 0 amide bonds. The van der Waals surface area contributed by atoms with Crippen molar-refractivity contribution in [3.8, 4) is 0 Å². The van der Waals surface area contributed by atoms with E-state index < -0.39 is 44.8 Å². The molecule has 0 spiro atoms. The molecule has 13 heteroatoms. The number of phosphoric acid groups is 1. The first kappa shape index (κ1) is 25.7. The Morgan fingerprint density at radius 3 is 1.96 bits per heavy atom. The summed E-state index contributed by atoms with van der Waals surface area (Å²) in [6.45, 7) is 0.936. The minimum absolute atomic E-state index is 0.290. The van der Waals surface area contributed by atoms with Gasteiger partial charge in [-0.3, -0.25) is 9.79 Å². The Morgan fingerprint density at radius 1 is 1.17 bits per heavy atom. The second kappa shape index (κ2) is 12.8. The number of phosphoric ester groups is 1. The highest BCUT2D eigenvalue weighted by Crippen LogP contribution is 2.36. The Kier molecular flexibility index (Phi) is 13.7. The third-order valence-electron chi connectivity index (χ3n) is 2.12. The first-order valence-corrected chi connectivity index (χ1v) is 8.42. The lowest BCUT2D eigenvalue weighted by molar-refractivity contribution is -0.162. The van der Waals surface area contributed by atoms with Crippen molar-refractivity contribution in [2.75, 3.05) is 6.61 Å². The lowest BCUT2D eigenvalue weighted by atomic mass is 10.0. The smallest absolute Gasteiger partial charge is 0.394 e. The van der Waals surface area contributed by atoms with Crippen LogP contribution in [0.5, 0.6) is 0 Å². The van der Waals surface area contributed by atoms with Gasteiger partial charge in [-0.05, 0) is 13.0 Å². The van der Waals surface area contributed by atoms with E-state index in [-0.39, 0.29) is 4.49 Å². The van der Waals surface area contributed by atoms with Crippen molar-refractivity contribution < 1.29 is 49.2 Å². The van der Waals surface area contributed by atoms with Crippen LogP contribution in [-0.4, -0.2) is 72.3 Å². The molecule has 0 aromatic rings. The molecule has 0 radical (unpaired) electrons. The van der Waals surface area contributed by atoms with Crippen LogP contribution >= 0.6 is 31.0 Å². The van der Waals surface area contributed by atoms with Crippen LogP contribution in [0.15, 0.2) is 22.7 Å². The summed E-state index contributed by atoms with van der Waals surface area (Å²) < 4.78 is 14.0. The minimum Gasteiger partial charge on any atom is -0.394 e. The Hall–Kier alpha value is -0.520. The van der Waals surface area contributed by atoms with Gasteiger partial charge in [0.25, 0.3) is 0 Å². The van der Waals surface area contributed by atoms with E-state index in [0.717, 1.165) is 0 Å². The Bertz CT molecular complexity index is 473. The highest BCUT2D eigenvalue weighted by molar-refractivity contribution is 7.46. The number of carbonyl (C=O) groups excluding carboxylic acids is 1. The molecule has 4 atom stereocenters. The first-order valence-electron chi connectivity index (χ1n) is 6.13. The zero-order chi connectivity index (χ0) is 19.5. The maximum absolute atomic E-state index is 10.8. The van der Waals surface area contributed by atoms with Crippen LogP contribution in [-0.2, 0) is 13.9 Å². The van der Waals surface area contributed by atoms with E-state index in [1.165, 1.54) is 0 Å². The SMILES string of the molecule is CC=CC=C(Cl)Cl.O=C(OP(=O)(O)O)[C@H](O)[C@@H](O)[C@H](O)[C@H](O)CO. The highest BCUT2D eigenvalue weighted by Gasteiger charge is 2.37. The van der Waals surface area contributed by atoms with Crippen molar-refractivity contribution in [2.45, 2.75) is 31.3 Å². The summed E-state index contributed by atoms with van der Waals surface area (Å²) >= 11 is 10.5. The van der Waals surface area contributed by atoms with E-state index >= 15 is 0 Å². The number of hydrogen-bond acceptors (Lipinski definition) is 8. The van der Waals surface area contributed by atoms with Gasteiger partial charge in [-0.25, -0.2) is 9.36 Å². The Balaban J connectivity index is 0. The van der Waals surface area contributed by atoms with Gasteiger partial charge in [-0.2, -0.15) is 0 Å². The van der Waals surface area contributed by atoms with Crippen LogP contribution in [0.1, 0.15) is 6.92 Å². The molecule has 0 aliphatic rings. The Morgan fingerprint density at radius 2 is 1.67 bits per heavy atom. The summed E-state index contributed by atoms with van der Waals surface area (Å²) in [6, 6.07) is 0. The van der Waals surface area contributed by atoms with Crippen LogP contribution in [0.2, 0.25) is 0 Å². The maximum atomic E-state index is 10.8. The number of halogens is 2. The largest absolute Gasteiger partial charge is 0.527 e. The molecule has 0 bridgehead atoms. The van der Waals surface area contributed by atoms with Gasteiger partial charge in [0, 0.05) is 0 Å². The average Bonchev–Trinajstić information content (AvgIpc) is 2.48. The summed E-state index contributed by atoms with van der Waals surface area (Å²) in [4.78, 5) is 27.3. The summed E-state index contributed by atoms with van der Waals surface area (Å²) in [5.41, 5.74) is 0. The molecule has 10 nitrogen and oxygen atoms in total. The lowest BCUT2D eigenvalue weighted by Gasteiger charge is -2.24. The number of aliphatic hydroxyl groups excluding tert-OH is 5. The zero-order valence-electron chi connectivity index (χ0n) is 12.3. The van der Waals surface area contributed by atoms with E-state index in [1.807, 2.05) is 13.0 Å². The summed E-state index contributed by atoms with van der Waals surface area (Å²) in [7, 11) is -5.19. The monoisotopic (exact) mass is 412 g/mol. The fourth-order valence-corrected chi connectivity index (χ4v) is 1.49. The van der Waals surface area contributed by atoms with Gasteiger partial charge < -0.3 is 30.1 Å². The first-order chi connectivity index (χ1) is 10.9. The van der Waals surface area contributed by atoms with Crippen LogP contribution in [0.3, 0.4) is 0 Å². The van der Waals surface area contributed by atoms with Gasteiger partial charge in [0.2, 0.25) is 0 Å². The quantitative estimate of drug-likeness (QED) is 0.200. The van der Waals surface area contributed by atoms with E-state index in [2.05, 4.69) is 4.52 Å². The fourth-order valence-electron chi connectivity index (χ4n) is 1.00. The molecule has 0 fully saturated rings. The molecule has 0 unspecified atom stereocenters. The average molecular weight is 413 g/mol. The maximum Gasteiger partial charge on any atom is 0.527 e. The second-order valence-electron chi connectivity index (χ2n) is 4.06. The lowest BCUT2D eigenvalue weighted by Crippen LogP contribution is -2.48. The third kappa shape index (κ3) is 12.8. The van der Waals surface area contributed by atoms with Gasteiger partial charge in [0.15, 0.2) is 6.10 Å². The van der Waals surface area contributed by atoms with Gasteiger partial charge in [-0.1, -0.05) is 35.4 Å². The van der Waals surface area contributed by atoms with Gasteiger partial charge in [0.05, 0.1) is 6.61 Å². The van der Waals surface area contributed by atoms with E-state index in [1.54, 1.807) is 12.2 Å². The molecule has 24 heavy (non-hydrogen) atoms. The molecular formula is C11H19Cl2O10P. The summed E-state index contributed by atoms with van der Waals surface area (Å²) in [5, 5.41) is 44.6. The summed E-state index contributed by atoms with van der Waals surface area (Å²) in [6.07, 6.45) is -3.47. The number of hydrogen-bond donors (Lipinski definition) is 7. The molecule has 0 saturated heterocycles. The van der Waals surface area contributed by atoms with Gasteiger partial charge in [-0.15, -0.1) is 0 Å². The highest BCUT2D eigenvalue weighted by atomic mass is 35.5. The summed E-state index contributed by atoms with van der Waals surface area (Å²) in [5.74, 6) is -1.88. The van der Waals surface area contributed by atoms with Crippen LogP contribution in [0.25, 0.3) is 0 Å². The molecule has 0 aromatic heterocycles. The topological polar surface area (TPSA) is 185 Å². The normalized spacial score (nSPS) is 16.4. The molecular weight excluding hydrogens is 394 g/mol. The molecule has 0 rings (SSSR count). The van der Waals surface area contributed by atoms with Crippen LogP contribution in [0, 0.1) is 0 Å². The Labute approximate surface area is 147 Å². The predicted octanol–water partition coefficient (Wildman–Crippen LogP) is -1.06. The zero-order valence-corrected chi connectivity index (χ0v) is 14.7. The van der Waals surface area contributed by atoms with Crippen molar-refractivity contribution in [3.05, 3.63) is 22.7 Å². The standard InChI is InChI=1S/C6H13O10P.C5H6Cl2/c7-1-2(8)3(9)4(10)5(11)6(12)16-17(13,14)15;1-2-3-4-5(6)7/h2-5,7-11H,1H2,(H2,13,14,15);2-4H,1H3/t2-,3-,4+,5-;/m1./s1. The molecule has 0 aliphatic carbocycles. The van der Waals surface area contributed by atoms with Crippen LogP contribution < -0.4 is 0 Å². The second-order valence-corrected chi connectivity index (χ2v) is 6.23. The van der Waals surface area contributed by atoms with Crippen molar-refractivity contribution in [2.24, 2.45) is 0 Å². The van der Waals surface area contributed by atoms with E-state index in [4.69, 9.17) is 58.5 Å². The molecule has 142 valence electrons. The van der Waals surface area contributed by atoms with Gasteiger partial charge in [0.1, 0.15) is 22.8 Å². The molecule has 0 heterocycles. The molecule has 0 aromatic carbocycles. The number of carbonyl (C=O) groups is 1.